The predicted octanol–water partition coefficient (Wildman–Crippen LogP) is 0.598. The number of hydrogen-bond acceptors (Lipinski definition) is 2. The van der Waals surface area contributed by atoms with Crippen molar-refractivity contribution in [2.75, 3.05) is 19.5 Å². The molecule has 0 saturated carbocycles. The number of carbonyl (C=O) groups excluding carboxylic acids is 2. The molecule has 5 heteroatoms. The number of halogens is 1. The van der Waals surface area contributed by atoms with Gasteiger partial charge in [0.15, 0.2) is 0 Å². The molecule has 0 aromatic carbocycles. The molecule has 1 aliphatic rings. The van der Waals surface area contributed by atoms with E-state index in [1.807, 2.05) is 0 Å². The Labute approximate surface area is 95.0 Å². The molecule has 0 aromatic rings. The van der Waals surface area contributed by atoms with Crippen LogP contribution in [0.4, 0.5) is 0 Å². The average Bonchev–Trinajstić information content (AvgIpc) is 2.22. The molecule has 2 amide bonds. The van der Waals surface area contributed by atoms with Crippen LogP contribution in [0.1, 0.15) is 19.8 Å². The van der Waals surface area contributed by atoms with E-state index < -0.39 is 0 Å². The summed E-state index contributed by atoms with van der Waals surface area (Å²) in [7, 11) is 1.76. The Morgan fingerprint density at radius 1 is 1.73 bits per heavy atom. The van der Waals surface area contributed by atoms with Crippen molar-refractivity contribution in [3.05, 3.63) is 0 Å². The first-order chi connectivity index (χ1) is 7.04. The molecular formula is C10H17ClN2O2. The fourth-order valence-electron chi connectivity index (χ4n) is 1.54. The average molecular weight is 233 g/mol. The maximum absolute atomic E-state index is 11.5. The van der Waals surface area contributed by atoms with E-state index in [-0.39, 0.29) is 23.8 Å². The van der Waals surface area contributed by atoms with Crippen molar-refractivity contribution in [2.24, 2.45) is 5.92 Å². The van der Waals surface area contributed by atoms with Crippen LogP contribution >= 0.6 is 11.6 Å². The van der Waals surface area contributed by atoms with E-state index in [0.717, 1.165) is 6.42 Å². The zero-order valence-electron chi connectivity index (χ0n) is 9.12. The highest BCUT2D eigenvalue weighted by atomic mass is 35.5. The van der Waals surface area contributed by atoms with Gasteiger partial charge in [0.25, 0.3) is 0 Å². The highest BCUT2D eigenvalue weighted by molar-refractivity contribution is 6.19. The van der Waals surface area contributed by atoms with E-state index in [9.17, 15) is 9.59 Å². The molecule has 0 aromatic heterocycles. The first-order valence-corrected chi connectivity index (χ1v) is 5.68. The maximum Gasteiger partial charge on any atom is 0.224 e. The summed E-state index contributed by atoms with van der Waals surface area (Å²) in [5.74, 6) is 0.270. The van der Waals surface area contributed by atoms with Crippen molar-refractivity contribution in [3.8, 4) is 0 Å². The summed E-state index contributed by atoms with van der Waals surface area (Å²) in [6.07, 6.45) is 1.24. The minimum Gasteiger partial charge on any atom is -0.351 e. The first kappa shape index (κ1) is 12.3. The van der Waals surface area contributed by atoms with Crippen LogP contribution in [0, 0.1) is 5.92 Å². The molecule has 1 rings (SSSR count). The Bertz CT molecular complexity index is 258. The van der Waals surface area contributed by atoms with Gasteiger partial charge < -0.3 is 10.2 Å². The van der Waals surface area contributed by atoms with Crippen LogP contribution in [-0.4, -0.2) is 42.2 Å². The monoisotopic (exact) mass is 232 g/mol. The largest absolute Gasteiger partial charge is 0.351 e. The standard InChI is InChI=1S/C10H17ClN2O2/c1-7(5-11)10(15)12-8-3-4-9(14)13(2)6-8/h7-8H,3-6H2,1-2H3,(H,12,15). The molecule has 2 atom stereocenters. The number of hydrogen-bond donors (Lipinski definition) is 1. The number of likely N-dealkylation sites (tertiary alicyclic amines) is 1. The second kappa shape index (κ2) is 5.35. The summed E-state index contributed by atoms with van der Waals surface area (Å²) in [6.45, 7) is 2.39. The number of rotatable bonds is 3. The van der Waals surface area contributed by atoms with E-state index >= 15 is 0 Å². The predicted molar refractivity (Wildman–Crippen MR) is 58.7 cm³/mol. The summed E-state index contributed by atoms with van der Waals surface area (Å²) < 4.78 is 0. The van der Waals surface area contributed by atoms with Gasteiger partial charge in [-0.15, -0.1) is 11.6 Å². The molecule has 0 aliphatic carbocycles. The van der Waals surface area contributed by atoms with Crippen LogP contribution < -0.4 is 5.32 Å². The topological polar surface area (TPSA) is 49.4 Å². The number of nitrogens with zero attached hydrogens (tertiary/aromatic N) is 1. The Morgan fingerprint density at radius 3 is 2.93 bits per heavy atom. The lowest BCUT2D eigenvalue weighted by molar-refractivity contribution is -0.134. The normalized spacial score (nSPS) is 23.8. The van der Waals surface area contributed by atoms with Crippen LogP contribution in [0.15, 0.2) is 0 Å². The molecule has 1 saturated heterocycles. The molecule has 15 heavy (non-hydrogen) atoms. The third kappa shape index (κ3) is 3.38. The lowest BCUT2D eigenvalue weighted by atomic mass is 10.0. The minimum absolute atomic E-state index is 0.0299. The lowest BCUT2D eigenvalue weighted by Crippen LogP contribution is -2.49. The van der Waals surface area contributed by atoms with Crippen LogP contribution in [0.2, 0.25) is 0 Å². The van der Waals surface area contributed by atoms with Crippen molar-refractivity contribution >= 4 is 23.4 Å². The Morgan fingerprint density at radius 2 is 2.40 bits per heavy atom. The van der Waals surface area contributed by atoms with E-state index in [2.05, 4.69) is 5.32 Å². The summed E-state index contributed by atoms with van der Waals surface area (Å²) in [4.78, 5) is 24.4. The second-order valence-corrected chi connectivity index (χ2v) is 4.38. The molecular weight excluding hydrogens is 216 g/mol. The number of nitrogens with one attached hydrogen (secondary N) is 1. The summed E-state index contributed by atoms with van der Waals surface area (Å²) in [5.41, 5.74) is 0. The molecule has 2 unspecified atom stereocenters. The Balaban J connectivity index is 2.40. The van der Waals surface area contributed by atoms with Gasteiger partial charge in [0.1, 0.15) is 0 Å². The van der Waals surface area contributed by atoms with Crippen LogP contribution in [-0.2, 0) is 9.59 Å². The molecule has 4 nitrogen and oxygen atoms in total. The molecule has 86 valence electrons. The van der Waals surface area contributed by atoms with Crippen molar-refractivity contribution in [2.45, 2.75) is 25.8 Å². The molecule has 0 bridgehead atoms. The van der Waals surface area contributed by atoms with Crippen molar-refractivity contribution < 1.29 is 9.59 Å². The van der Waals surface area contributed by atoms with Crippen LogP contribution in [0.25, 0.3) is 0 Å². The van der Waals surface area contributed by atoms with Gasteiger partial charge in [0.05, 0.1) is 0 Å². The van der Waals surface area contributed by atoms with Gasteiger partial charge in [-0.2, -0.15) is 0 Å². The van der Waals surface area contributed by atoms with Gasteiger partial charge in [-0.05, 0) is 6.42 Å². The van der Waals surface area contributed by atoms with Crippen LogP contribution in [0.5, 0.6) is 0 Å². The van der Waals surface area contributed by atoms with E-state index in [1.165, 1.54) is 0 Å². The van der Waals surface area contributed by atoms with E-state index in [0.29, 0.717) is 18.8 Å². The molecule has 1 aliphatic heterocycles. The van der Waals surface area contributed by atoms with Crippen molar-refractivity contribution in [1.82, 2.24) is 10.2 Å². The zero-order valence-corrected chi connectivity index (χ0v) is 9.88. The lowest BCUT2D eigenvalue weighted by Gasteiger charge is -2.30. The summed E-state index contributed by atoms with van der Waals surface area (Å²) in [6, 6.07) is 0.0749. The van der Waals surface area contributed by atoms with Gasteiger partial charge in [0, 0.05) is 37.9 Å². The molecule has 0 radical (unpaired) electrons. The van der Waals surface area contributed by atoms with Gasteiger partial charge in [-0.1, -0.05) is 6.92 Å². The fraction of sp³-hybridized carbons (Fsp3) is 0.800. The van der Waals surface area contributed by atoms with E-state index in [4.69, 9.17) is 11.6 Å². The quantitative estimate of drug-likeness (QED) is 0.725. The number of piperidine rings is 1. The zero-order chi connectivity index (χ0) is 11.4. The third-order valence-corrected chi connectivity index (χ3v) is 3.11. The number of likely N-dealkylation sites (N-methyl/N-ethyl adjacent to an activating group) is 1. The molecule has 0 spiro atoms. The molecule has 1 heterocycles. The SMILES string of the molecule is CC(CCl)C(=O)NC1CCC(=O)N(C)C1. The summed E-state index contributed by atoms with van der Waals surface area (Å²) >= 11 is 5.59. The van der Waals surface area contributed by atoms with Gasteiger partial charge >= 0.3 is 0 Å². The second-order valence-electron chi connectivity index (χ2n) is 4.07. The van der Waals surface area contributed by atoms with Gasteiger partial charge in [-0.3, -0.25) is 9.59 Å². The number of carbonyl (C=O) groups is 2. The first-order valence-electron chi connectivity index (χ1n) is 5.15. The fourth-order valence-corrected chi connectivity index (χ4v) is 1.68. The number of alkyl halides is 1. The maximum atomic E-state index is 11.5. The molecule has 1 N–H and O–H groups in total. The van der Waals surface area contributed by atoms with Crippen LogP contribution in [0.3, 0.4) is 0 Å². The van der Waals surface area contributed by atoms with Gasteiger partial charge in [-0.25, -0.2) is 0 Å². The smallest absolute Gasteiger partial charge is 0.224 e. The Kier molecular flexibility index (Phi) is 4.39. The third-order valence-electron chi connectivity index (χ3n) is 2.65. The summed E-state index contributed by atoms with van der Waals surface area (Å²) in [5, 5.41) is 2.90. The Hall–Kier alpha value is -0.770. The van der Waals surface area contributed by atoms with Gasteiger partial charge in [0.2, 0.25) is 11.8 Å². The highest BCUT2D eigenvalue weighted by Gasteiger charge is 2.25. The number of amides is 2. The highest BCUT2D eigenvalue weighted by Crippen LogP contribution is 2.10. The van der Waals surface area contributed by atoms with Crippen molar-refractivity contribution in [3.63, 3.8) is 0 Å². The van der Waals surface area contributed by atoms with E-state index in [1.54, 1.807) is 18.9 Å². The van der Waals surface area contributed by atoms with Crippen molar-refractivity contribution in [1.29, 1.82) is 0 Å². The minimum atomic E-state index is -0.172. The molecule has 1 fully saturated rings.